The van der Waals surface area contributed by atoms with E-state index in [1.165, 1.54) is 25.7 Å². The van der Waals surface area contributed by atoms with E-state index >= 15 is 0 Å². The molecule has 0 spiro atoms. The van der Waals surface area contributed by atoms with Crippen molar-refractivity contribution in [3.05, 3.63) is 0 Å². The monoisotopic (exact) mass is 240 g/mol. The highest BCUT2D eigenvalue weighted by molar-refractivity contribution is 5.81. The first-order chi connectivity index (χ1) is 8.10. The van der Waals surface area contributed by atoms with Gasteiger partial charge in [0.15, 0.2) is 0 Å². The number of nitrogens with one attached hydrogen (secondary N) is 1. The lowest BCUT2D eigenvalue weighted by Crippen LogP contribution is -2.48. The highest BCUT2D eigenvalue weighted by atomic mass is 16.2. The number of amides is 1. The van der Waals surface area contributed by atoms with Crippen molar-refractivity contribution in [3.8, 4) is 0 Å². The van der Waals surface area contributed by atoms with Crippen LogP contribution in [-0.4, -0.2) is 36.0 Å². The van der Waals surface area contributed by atoms with Crippen LogP contribution in [0.1, 0.15) is 53.4 Å². The summed E-state index contributed by atoms with van der Waals surface area (Å²) < 4.78 is 0. The lowest BCUT2D eigenvalue weighted by Gasteiger charge is -2.28. The third-order valence-electron chi connectivity index (χ3n) is 4.06. The van der Waals surface area contributed by atoms with Gasteiger partial charge in [0.2, 0.25) is 5.91 Å². The maximum Gasteiger partial charge on any atom is 0.239 e. The van der Waals surface area contributed by atoms with Crippen LogP contribution in [0.3, 0.4) is 0 Å². The van der Waals surface area contributed by atoms with Gasteiger partial charge in [0.1, 0.15) is 0 Å². The summed E-state index contributed by atoms with van der Waals surface area (Å²) in [6.45, 7) is 10.5. The zero-order valence-corrected chi connectivity index (χ0v) is 11.8. The van der Waals surface area contributed by atoms with Gasteiger partial charge in [0.25, 0.3) is 0 Å². The molecule has 0 aliphatic carbocycles. The fourth-order valence-corrected chi connectivity index (χ4v) is 2.81. The molecule has 0 aromatic heterocycles. The van der Waals surface area contributed by atoms with Crippen molar-refractivity contribution in [1.82, 2.24) is 10.2 Å². The molecule has 1 saturated heterocycles. The van der Waals surface area contributed by atoms with Crippen LogP contribution < -0.4 is 5.32 Å². The first-order valence-corrected chi connectivity index (χ1v) is 7.14. The van der Waals surface area contributed by atoms with E-state index in [2.05, 4.69) is 26.1 Å². The van der Waals surface area contributed by atoms with Crippen molar-refractivity contribution < 1.29 is 4.79 Å². The first-order valence-electron chi connectivity index (χ1n) is 7.14. The van der Waals surface area contributed by atoms with E-state index in [1.54, 1.807) is 0 Å². The Morgan fingerprint density at radius 2 is 1.71 bits per heavy atom. The van der Waals surface area contributed by atoms with Gasteiger partial charge < -0.3 is 10.2 Å². The average Bonchev–Trinajstić information content (AvgIpc) is 2.83. The highest BCUT2D eigenvalue weighted by Gasteiger charge is 2.25. The number of nitrogens with zero attached hydrogens (tertiary/aromatic N) is 1. The standard InChI is InChI=1S/C14H28N2O/c1-5-13(6-2)11(3)15-12(4)14(17)16-9-7-8-10-16/h11-13,15H,5-10H2,1-4H3. The fourth-order valence-electron chi connectivity index (χ4n) is 2.81. The van der Waals surface area contributed by atoms with Crippen LogP contribution in [0.5, 0.6) is 0 Å². The molecule has 0 radical (unpaired) electrons. The molecule has 0 bridgehead atoms. The molecule has 1 aliphatic heterocycles. The molecule has 1 rings (SSSR count). The molecule has 3 nitrogen and oxygen atoms in total. The summed E-state index contributed by atoms with van der Waals surface area (Å²) in [6, 6.07) is 0.384. The third-order valence-corrected chi connectivity index (χ3v) is 4.06. The van der Waals surface area contributed by atoms with E-state index in [4.69, 9.17) is 0 Å². The molecule has 1 fully saturated rings. The molecule has 1 aliphatic rings. The highest BCUT2D eigenvalue weighted by Crippen LogP contribution is 2.14. The predicted octanol–water partition coefficient (Wildman–Crippen LogP) is 2.41. The first kappa shape index (κ1) is 14.5. The van der Waals surface area contributed by atoms with E-state index in [0.717, 1.165) is 13.1 Å². The Labute approximate surface area is 106 Å². The van der Waals surface area contributed by atoms with Gasteiger partial charge in [-0.1, -0.05) is 26.7 Å². The molecule has 17 heavy (non-hydrogen) atoms. The minimum Gasteiger partial charge on any atom is -0.341 e. The summed E-state index contributed by atoms with van der Waals surface area (Å²) in [5, 5.41) is 3.47. The Balaban J connectivity index is 2.41. The summed E-state index contributed by atoms with van der Waals surface area (Å²) >= 11 is 0. The summed E-state index contributed by atoms with van der Waals surface area (Å²) in [5.41, 5.74) is 0. The number of likely N-dealkylation sites (tertiary alicyclic amines) is 1. The smallest absolute Gasteiger partial charge is 0.239 e. The zero-order valence-electron chi connectivity index (χ0n) is 11.8. The van der Waals surface area contributed by atoms with E-state index in [0.29, 0.717) is 12.0 Å². The van der Waals surface area contributed by atoms with Gasteiger partial charge >= 0.3 is 0 Å². The van der Waals surface area contributed by atoms with Crippen molar-refractivity contribution in [1.29, 1.82) is 0 Å². The van der Waals surface area contributed by atoms with Gasteiger partial charge in [-0.05, 0) is 32.6 Å². The number of carbonyl (C=O) groups excluding carboxylic acids is 1. The van der Waals surface area contributed by atoms with Crippen molar-refractivity contribution in [3.63, 3.8) is 0 Å². The topological polar surface area (TPSA) is 32.3 Å². The van der Waals surface area contributed by atoms with Crippen molar-refractivity contribution in [2.24, 2.45) is 5.92 Å². The third kappa shape index (κ3) is 3.98. The Bertz CT molecular complexity index is 232. The molecule has 3 heteroatoms. The van der Waals surface area contributed by atoms with Crippen molar-refractivity contribution in [2.45, 2.75) is 65.5 Å². The Hall–Kier alpha value is -0.570. The minimum atomic E-state index is -0.0382. The van der Waals surface area contributed by atoms with Crippen LogP contribution >= 0.6 is 0 Å². The van der Waals surface area contributed by atoms with E-state index in [9.17, 15) is 4.79 Å². The lowest BCUT2D eigenvalue weighted by molar-refractivity contribution is -0.132. The zero-order chi connectivity index (χ0) is 12.8. The van der Waals surface area contributed by atoms with Crippen molar-refractivity contribution in [2.75, 3.05) is 13.1 Å². The maximum absolute atomic E-state index is 12.1. The molecule has 100 valence electrons. The van der Waals surface area contributed by atoms with Gasteiger partial charge in [0.05, 0.1) is 6.04 Å². The predicted molar refractivity (Wildman–Crippen MR) is 71.9 cm³/mol. The molecule has 2 unspecified atom stereocenters. The SMILES string of the molecule is CCC(CC)C(C)NC(C)C(=O)N1CCCC1. The summed E-state index contributed by atoms with van der Waals surface area (Å²) in [6.07, 6.45) is 4.69. The van der Waals surface area contributed by atoms with E-state index in [-0.39, 0.29) is 11.9 Å². The number of rotatable bonds is 6. The van der Waals surface area contributed by atoms with Crippen LogP contribution in [-0.2, 0) is 4.79 Å². The maximum atomic E-state index is 12.1. The molecule has 1 amide bonds. The molecule has 2 atom stereocenters. The Kier molecular flexibility index (Phi) is 5.96. The molecular formula is C14H28N2O. The molecule has 0 aromatic rings. The molecular weight excluding hydrogens is 212 g/mol. The van der Waals surface area contributed by atoms with Crippen LogP contribution in [0.2, 0.25) is 0 Å². The van der Waals surface area contributed by atoms with Gasteiger partial charge in [-0.25, -0.2) is 0 Å². The van der Waals surface area contributed by atoms with Crippen LogP contribution in [0.15, 0.2) is 0 Å². The van der Waals surface area contributed by atoms with Gasteiger partial charge in [-0.15, -0.1) is 0 Å². The lowest BCUT2D eigenvalue weighted by atomic mass is 9.95. The number of hydrogen-bond acceptors (Lipinski definition) is 2. The van der Waals surface area contributed by atoms with Gasteiger partial charge in [0, 0.05) is 19.1 Å². The molecule has 1 N–H and O–H groups in total. The summed E-state index contributed by atoms with van der Waals surface area (Å²) in [7, 11) is 0. The quantitative estimate of drug-likeness (QED) is 0.773. The second kappa shape index (κ2) is 7.00. The van der Waals surface area contributed by atoms with Crippen LogP contribution in [0.25, 0.3) is 0 Å². The fraction of sp³-hybridized carbons (Fsp3) is 0.929. The van der Waals surface area contributed by atoms with Crippen molar-refractivity contribution >= 4 is 5.91 Å². The second-order valence-electron chi connectivity index (χ2n) is 5.29. The largest absolute Gasteiger partial charge is 0.341 e. The molecule has 1 heterocycles. The van der Waals surface area contributed by atoms with Gasteiger partial charge in [-0.3, -0.25) is 4.79 Å². The number of carbonyl (C=O) groups is 1. The van der Waals surface area contributed by atoms with E-state index in [1.807, 2.05) is 11.8 Å². The minimum absolute atomic E-state index is 0.0382. The summed E-state index contributed by atoms with van der Waals surface area (Å²) in [5.74, 6) is 0.948. The molecule has 0 aromatic carbocycles. The summed E-state index contributed by atoms with van der Waals surface area (Å²) in [4.78, 5) is 14.1. The second-order valence-corrected chi connectivity index (χ2v) is 5.29. The average molecular weight is 240 g/mol. The Morgan fingerprint density at radius 3 is 2.18 bits per heavy atom. The van der Waals surface area contributed by atoms with Crippen LogP contribution in [0.4, 0.5) is 0 Å². The van der Waals surface area contributed by atoms with Gasteiger partial charge in [-0.2, -0.15) is 0 Å². The van der Waals surface area contributed by atoms with Crippen LogP contribution in [0, 0.1) is 5.92 Å². The molecule has 0 saturated carbocycles. The Morgan fingerprint density at radius 1 is 1.18 bits per heavy atom. The van der Waals surface area contributed by atoms with E-state index < -0.39 is 0 Å². The number of hydrogen-bond donors (Lipinski definition) is 1. The normalized spacial score (nSPS) is 19.7.